The van der Waals surface area contributed by atoms with Crippen LogP contribution in [0.4, 0.5) is 27.5 Å². The molecule has 0 bridgehead atoms. The molecule has 1 saturated carbocycles. The molecule has 0 spiro atoms. The van der Waals surface area contributed by atoms with Crippen molar-refractivity contribution in [3.63, 3.8) is 0 Å². The number of nitrogens with zero attached hydrogens (tertiary/aromatic N) is 4. The van der Waals surface area contributed by atoms with Crippen LogP contribution in [0.25, 0.3) is 11.4 Å². The molecule has 0 saturated heterocycles. The van der Waals surface area contributed by atoms with E-state index in [4.69, 9.17) is 0 Å². The van der Waals surface area contributed by atoms with Crippen LogP contribution in [0.1, 0.15) is 12.8 Å². The third-order valence-electron chi connectivity index (χ3n) is 3.98. The van der Waals surface area contributed by atoms with E-state index < -0.39 is 10.7 Å². The Bertz CT molecular complexity index is 994. The average Bonchev–Trinajstić information content (AvgIpc) is 3.47. The second-order valence-corrected chi connectivity index (χ2v) is 6.14. The van der Waals surface area contributed by atoms with Gasteiger partial charge in [-0.25, -0.2) is 9.37 Å². The van der Waals surface area contributed by atoms with Crippen molar-refractivity contribution in [1.29, 1.82) is 0 Å². The number of anilines is 3. The smallest absolute Gasteiger partial charge is 0.295 e. The van der Waals surface area contributed by atoms with Gasteiger partial charge >= 0.3 is 0 Å². The summed E-state index contributed by atoms with van der Waals surface area (Å²) >= 11 is 0. The van der Waals surface area contributed by atoms with Crippen LogP contribution < -0.4 is 10.6 Å². The van der Waals surface area contributed by atoms with E-state index in [1.807, 2.05) is 12.1 Å². The third-order valence-corrected chi connectivity index (χ3v) is 3.98. The van der Waals surface area contributed by atoms with E-state index >= 15 is 0 Å². The molecule has 9 heteroatoms. The van der Waals surface area contributed by atoms with Crippen molar-refractivity contribution in [2.75, 3.05) is 10.6 Å². The van der Waals surface area contributed by atoms with Gasteiger partial charge in [-0.2, -0.15) is 4.98 Å². The quantitative estimate of drug-likeness (QED) is 0.503. The van der Waals surface area contributed by atoms with E-state index in [0.29, 0.717) is 29.2 Å². The lowest BCUT2D eigenvalue weighted by molar-refractivity contribution is -0.384. The first kappa shape index (κ1) is 16.8. The molecule has 0 unspecified atom stereocenters. The number of nitro groups is 1. The van der Waals surface area contributed by atoms with Gasteiger partial charge in [0.2, 0.25) is 5.95 Å². The molecule has 0 radical (unpaired) electrons. The number of halogens is 1. The van der Waals surface area contributed by atoms with Gasteiger partial charge in [-0.1, -0.05) is 6.07 Å². The summed E-state index contributed by atoms with van der Waals surface area (Å²) in [5.74, 6) is 0.0802. The van der Waals surface area contributed by atoms with E-state index in [2.05, 4.69) is 25.6 Å². The number of pyridine rings is 1. The molecule has 2 aromatic heterocycles. The Labute approximate surface area is 153 Å². The second-order valence-electron chi connectivity index (χ2n) is 6.14. The van der Waals surface area contributed by atoms with Crippen LogP contribution in [0.2, 0.25) is 0 Å². The Kier molecular flexibility index (Phi) is 4.33. The SMILES string of the molecule is O=[N+]([O-])c1cc(F)ccc1Nc1cc(-c2ccccn2)nc(NC2CC2)n1. The maximum atomic E-state index is 13.4. The predicted molar refractivity (Wildman–Crippen MR) is 98.2 cm³/mol. The highest BCUT2D eigenvalue weighted by molar-refractivity contribution is 5.71. The van der Waals surface area contributed by atoms with Gasteiger partial charge in [-0.3, -0.25) is 15.1 Å². The topological polar surface area (TPSA) is 106 Å². The van der Waals surface area contributed by atoms with E-state index in [0.717, 1.165) is 25.0 Å². The highest BCUT2D eigenvalue weighted by atomic mass is 19.1. The minimum atomic E-state index is -0.680. The fourth-order valence-electron chi connectivity index (χ4n) is 2.53. The van der Waals surface area contributed by atoms with Crippen molar-refractivity contribution in [2.24, 2.45) is 0 Å². The Morgan fingerprint density at radius 1 is 1.11 bits per heavy atom. The molecule has 1 fully saturated rings. The van der Waals surface area contributed by atoms with E-state index in [1.54, 1.807) is 18.3 Å². The van der Waals surface area contributed by atoms with Crippen LogP contribution >= 0.6 is 0 Å². The van der Waals surface area contributed by atoms with Crippen LogP contribution in [-0.2, 0) is 0 Å². The first-order chi connectivity index (χ1) is 13.1. The Morgan fingerprint density at radius 2 is 1.96 bits per heavy atom. The number of aromatic nitrogens is 3. The first-order valence-corrected chi connectivity index (χ1v) is 8.36. The van der Waals surface area contributed by atoms with E-state index in [-0.39, 0.29) is 11.4 Å². The molecule has 8 nitrogen and oxygen atoms in total. The average molecular weight is 366 g/mol. The zero-order valence-corrected chi connectivity index (χ0v) is 14.1. The maximum Gasteiger partial charge on any atom is 0.295 e. The fraction of sp³-hybridized carbons (Fsp3) is 0.167. The van der Waals surface area contributed by atoms with Crippen LogP contribution in [0, 0.1) is 15.9 Å². The molecular weight excluding hydrogens is 351 g/mol. The highest BCUT2D eigenvalue weighted by Crippen LogP contribution is 2.30. The number of benzene rings is 1. The van der Waals surface area contributed by atoms with Crippen LogP contribution in [0.15, 0.2) is 48.7 Å². The van der Waals surface area contributed by atoms with Gasteiger partial charge in [0.25, 0.3) is 5.69 Å². The van der Waals surface area contributed by atoms with Gasteiger partial charge in [0, 0.05) is 18.3 Å². The van der Waals surface area contributed by atoms with Gasteiger partial charge < -0.3 is 10.6 Å². The lowest BCUT2D eigenvalue weighted by Crippen LogP contribution is -2.08. The highest BCUT2D eigenvalue weighted by Gasteiger charge is 2.23. The molecular formula is C18H15FN6O2. The van der Waals surface area contributed by atoms with E-state index in [9.17, 15) is 14.5 Å². The Morgan fingerprint density at radius 3 is 2.67 bits per heavy atom. The second kappa shape index (κ2) is 6.94. The first-order valence-electron chi connectivity index (χ1n) is 8.36. The number of hydrogen-bond acceptors (Lipinski definition) is 7. The summed E-state index contributed by atoms with van der Waals surface area (Å²) < 4.78 is 13.4. The summed E-state index contributed by atoms with van der Waals surface area (Å²) in [4.78, 5) is 23.7. The number of nitro benzene ring substituents is 1. The summed E-state index contributed by atoms with van der Waals surface area (Å²) in [6, 6.07) is 10.8. The molecule has 2 heterocycles. The predicted octanol–water partition coefficient (Wildman–Crippen LogP) is 3.90. The van der Waals surface area contributed by atoms with Crippen molar-refractivity contribution in [2.45, 2.75) is 18.9 Å². The molecule has 2 N–H and O–H groups in total. The van der Waals surface area contributed by atoms with Crippen molar-refractivity contribution in [3.05, 3.63) is 64.6 Å². The molecule has 0 amide bonds. The molecule has 1 aromatic carbocycles. The summed E-state index contributed by atoms with van der Waals surface area (Å²) in [5.41, 5.74) is 0.991. The van der Waals surface area contributed by atoms with Crippen LogP contribution in [-0.4, -0.2) is 25.9 Å². The van der Waals surface area contributed by atoms with Crippen molar-refractivity contribution >= 4 is 23.1 Å². The summed E-state index contributed by atoms with van der Waals surface area (Å²) in [7, 11) is 0. The van der Waals surface area contributed by atoms with Crippen molar-refractivity contribution in [1.82, 2.24) is 15.0 Å². The lowest BCUT2D eigenvalue weighted by atomic mass is 10.2. The van der Waals surface area contributed by atoms with E-state index in [1.165, 1.54) is 6.07 Å². The van der Waals surface area contributed by atoms with Crippen LogP contribution in [0.5, 0.6) is 0 Å². The molecule has 4 rings (SSSR count). The summed E-state index contributed by atoms with van der Waals surface area (Å²) in [5, 5.41) is 17.3. The minimum Gasteiger partial charge on any atom is -0.351 e. The molecule has 0 aliphatic heterocycles. The zero-order valence-electron chi connectivity index (χ0n) is 14.1. The number of rotatable bonds is 6. The zero-order chi connectivity index (χ0) is 18.8. The van der Waals surface area contributed by atoms with Gasteiger partial charge in [0.1, 0.15) is 17.3 Å². The molecule has 27 heavy (non-hydrogen) atoms. The maximum absolute atomic E-state index is 13.4. The molecule has 136 valence electrons. The molecule has 3 aromatic rings. The monoisotopic (exact) mass is 366 g/mol. The minimum absolute atomic E-state index is 0.143. The standard InChI is InChI=1S/C18H15FN6O2/c19-11-4-7-14(16(9-11)25(26)27)22-17-10-15(13-3-1-2-8-20-13)23-18(24-17)21-12-5-6-12/h1-4,7-10,12H,5-6H2,(H2,21,22,23,24). The van der Waals surface area contributed by atoms with Gasteiger partial charge in [-0.05, 0) is 37.1 Å². The van der Waals surface area contributed by atoms with Crippen LogP contribution in [0.3, 0.4) is 0 Å². The molecule has 1 aliphatic carbocycles. The normalized spacial score (nSPS) is 13.2. The van der Waals surface area contributed by atoms with Gasteiger partial charge in [0.15, 0.2) is 0 Å². The molecule has 1 aliphatic rings. The third kappa shape index (κ3) is 3.97. The van der Waals surface area contributed by atoms with Crippen molar-refractivity contribution in [3.8, 4) is 11.4 Å². The fourth-order valence-corrected chi connectivity index (χ4v) is 2.53. The van der Waals surface area contributed by atoms with Gasteiger partial charge in [-0.15, -0.1) is 0 Å². The number of nitrogens with one attached hydrogen (secondary N) is 2. The molecule has 0 atom stereocenters. The Hall–Kier alpha value is -3.62. The summed E-state index contributed by atoms with van der Waals surface area (Å²) in [6.45, 7) is 0. The Balaban J connectivity index is 1.72. The van der Waals surface area contributed by atoms with Gasteiger partial charge in [0.05, 0.1) is 22.4 Å². The number of hydrogen-bond donors (Lipinski definition) is 2. The van der Waals surface area contributed by atoms with Crippen molar-refractivity contribution < 1.29 is 9.31 Å². The lowest BCUT2D eigenvalue weighted by Gasteiger charge is -2.11. The largest absolute Gasteiger partial charge is 0.351 e. The summed E-state index contributed by atoms with van der Waals surface area (Å²) in [6.07, 6.45) is 3.75.